The molecule has 0 saturated carbocycles. The fourth-order valence-corrected chi connectivity index (χ4v) is 8.08. The number of nitrogens with zero attached hydrogens (tertiary/aromatic N) is 14. The molecule has 0 radical (unpaired) electrons. The number of nitrogens with one attached hydrogen (secondary N) is 3. The lowest BCUT2D eigenvalue weighted by molar-refractivity contribution is 0.396. The quantitative estimate of drug-likeness (QED) is 0.127. The number of aryl methyl sites for hydroxylation is 28. The highest BCUT2D eigenvalue weighted by Crippen LogP contribution is 2.13. The number of thiophene rings is 1. The van der Waals surface area contributed by atoms with Crippen molar-refractivity contribution in [1.82, 2.24) is 84.7 Å². The van der Waals surface area contributed by atoms with Gasteiger partial charge in [0.15, 0.2) is 6.39 Å². The molecule has 20 nitrogen and oxygen atoms in total. The first kappa shape index (κ1) is 90.9. The van der Waals surface area contributed by atoms with Crippen LogP contribution in [-0.4, -0.2) is 84.7 Å². The number of thiazole rings is 1. The molecule has 552 valence electrons. The largest absolute Gasteiger partial charge is 0.469 e. The molecule has 0 atom stereocenters. The van der Waals surface area contributed by atoms with Crippen LogP contribution in [0.25, 0.3) is 0 Å². The normalized spacial score (nSPS) is 9.36. The van der Waals surface area contributed by atoms with E-state index in [4.69, 9.17) is 13.4 Å². The zero-order valence-corrected chi connectivity index (χ0v) is 68.5. The molecule has 0 saturated heterocycles. The monoisotopic (exact) mass is 1450 g/mol. The molecule has 0 aliphatic heterocycles. The molecule has 14 rings (SSSR count). The minimum atomic E-state index is 0.903. The lowest BCUT2D eigenvalue weighted by Gasteiger charge is -1.92. The van der Waals surface area contributed by atoms with E-state index in [1.807, 2.05) is 198 Å². The van der Waals surface area contributed by atoms with E-state index in [0.29, 0.717) is 0 Å². The summed E-state index contributed by atoms with van der Waals surface area (Å²) in [4.78, 5) is 45.8. The number of rotatable bonds is 0. The van der Waals surface area contributed by atoms with Crippen LogP contribution in [0.15, 0.2) is 160 Å². The molecule has 0 bridgehead atoms. The Kier molecular flexibility index (Phi) is 45.9. The molecule has 103 heavy (non-hydrogen) atoms. The van der Waals surface area contributed by atoms with Crippen LogP contribution in [0.1, 0.15) is 156 Å². The van der Waals surface area contributed by atoms with Gasteiger partial charge in [0.25, 0.3) is 0 Å². The Hall–Kier alpha value is -10.1. The predicted octanol–water partition coefficient (Wildman–Crippen LogP) is 20.7. The third kappa shape index (κ3) is 40.8. The SMILES string of the molecule is Cc1cc[nH]c1C.Cc1cccnc1C.Cc1ccncc1C.Cc1ccnnc1C.Cc1ccoc1C.Cc1ccsc1C.Cc1cn[nH]c1C.Cc1cncnc1C.Cc1cnoc1C.Cc1cnsc1C.Cc1nc[nH]c1C.Cc1nccnc1C.Cc1ncoc1C.Cc1ncsc1C. The molecule has 0 fully saturated rings. The summed E-state index contributed by atoms with van der Waals surface area (Å²) in [5.41, 5.74) is 27.6. The molecule has 0 amide bonds. The summed E-state index contributed by atoms with van der Waals surface area (Å²) in [6.07, 6.45) is 26.1. The van der Waals surface area contributed by atoms with Gasteiger partial charge in [-0.2, -0.15) is 15.3 Å². The van der Waals surface area contributed by atoms with Gasteiger partial charge in [-0.25, -0.2) is 29.3 Å². The molecule has 14 aromatic heterocycles. The topological polar surface area (TPSA) is 267 Å². The molecule has 14 aromatic rings. The maximum absolute atomic E-state index is 4.96. The van der Waals surface area contributed by atoms with E-state index in [0.717, 1.165) is 85.3 Å². The van der Waals surface area contributed by atoms with Gasteiger partial charge in [0.2, 0.25) is 0 Å². The number of hydrogen-bond donors (Lipinski definition) is 3. The Balaban J connectivity index is 0.000000555. The van der Waals surface area contributed by atoms with Crippen molar-refractivity contribution in [1.29, 1.82) is 0 Å². The van der Waals surface area contributed by atoms with Crippen LogP contribution < -0.4 is 0 Å². The summed E-state index contributed by atoms with van der Waals surface area (Å²) in [5.74, 6) is 2.82. The van der Waals surface area contributed by atoms with Crippen molar-refractivity contribution in [3.8, 4) is 0 Å². The fourth-order valence-electron chi connectivity index (χ4n) is 6.19. The van der Waals surface area contributed by atoms with E-state index in [-0.39, 0.29) is 0 Å². The molecule has 3 N–H and O–H groups in total. The number of oxazole rings is 1. The van der Waals surface area contributed by atoms with E-state index < -0.39 is 0 Å². The molecule has 0 unspecified atom stereocenters. The highest BCUT2D eigenvalue weighted by atomic mass is 32.1. The van der Waals surface area contributed by atoms with Crippen LogP contribution in [0.3, 0.4) is 0 Å². The predicted molar refractivity (Wildman–Crippen MR) is 425 cm³/mol. The average Bonchev–Trinajstić information content (AvgIpc) is 2.20. The second-order valence-electron chi connectivity index (χ2n) is 23.7. The molecular weight excluding hydrogens is 1340 g/mol. The average molecular weight is 1460 g/mol. The van der Waals surface area contributed by atoms with Gasteiger partial charge in [-0.1, -0.05) is 11.2 Å². The summed E-state index contributed by atoms with van der Waals surface area (Å²) in [5, 5.41) is 19.8. The Labute approximate surface area is 625 Å². The minimum absolute atomic E-state index is 0.903. The van der Waals surface area contributed by atoms with E-state index >= 15 is 0 Å². The maximum atomic E-state index is 4.96. The molecule has 0 aliphatic rings. The van der Waals surface area contributed by atoms with Gasteiger partial charge in [-0.3, -0.25) is 25.0 Å². The number of aromatic amines is 3. The summed E-state index contributed by atoms with van der Waals surface area (Å²) < 4.78 is 18.5. The van der Waals surface area contributed by atoms with Crippen LogP contribution in [0, 0.1) is 194 Å². The Morgan fingerprint density at radius 3 is 1.23 bits per heavy atom. The maximum Gasteiger partial charge on any atom is 0.181 e. The van der Waals surface area contributed by atoms with Gasteiger partial charge >= 0.3 is 0 Å². The first-order chi connectivity index (χ1) is 48.8. The van der Waals surface area contributed by atoms with Gasteiger partial charge in [0.1, 0.15) is 23.6 Å². The fraction of sp³-hybridized carbons (Fsp3) is 0.350. The lowest BCUT2D eigenvalue weighted by Crippen LogP contribution is -1.87. The van der Waals surface area contributed by atoms with Crippen LogP contribution in [-0.2, 0) is 0 Å². The van der Waals surface area contributed by atoms with Crippen LogP contribution >= 0.6 is 34.2 Å². The third-order valence-corrected chi connectivity index (χ3v) is 18.2. The lowest BCUT2D eigenvalue weighted by atomic mass is 10.2. The van der Waals surface area contributed by atoms with Gasteiger partial charge < -0.3 is 23.3 Å². The van der Waals surface area contributed by atoms with Crippen molar-refractivity contribution in [2.45, 2.75) is 194 Å². The van der Waals surface area contributed by atoms with E-state index in [1.54, 1.807) is 77.9 Å². The highest BCUT2D eigenvalue weighted by Gasteiger charge is 1.96. The number of furan rings is 1. The van der Waals surface area contributed by atoms with Crippen molar-refractivity contribution in [2.75, 3.05) is 0 Å². The standard InChI is InChI=1S/2C7H9N.3C6H8N2.C6H9N.C6H8O.C6H8S.2C5H8N2.2C5H7NO.2C5H7NS/c1-6-3-4-8-5-7(6)2;1-6-4-3-5-8-7(6)2;1-5-3-7-4-8-6(5)2;1-5-6(2)8-4-3-7-5;1-5-3-4-7-8-6(5)2;3*1-5-3-4-7-6(5)2;1-4-5(2)7-3-6-4;1-4-3-6-7-5(4)2;1-4-5(2)7-3-6-4;1-4-3-6-7-5(4)2;1-4-5(2)7-3-6-4;1-4-3-6-7-5(4)2/h2*3-5H,1-2H3;3*3-4H,1-2H3;3-4,7H,1-2H3;2*3-4H,1-2H3;2*3H,1-2H3,(H,6,7);4*3H,1-2H3. The zero-order valence-electron chi connectivity index (χ0n) is 66.1. The van der Waals surface area contributed by atoms with Crippen LogP contribution in [0.2, 0.25) is 0 Å². The van der Waals surface area contributed by atoms with Gasteiger partial charge in [-0.05, 0) is 303 Å². The number of hydrogen-bond acceptors (Lipinski definition) is 20. The minimum Gasteiger partial charge on any atom is -0.469 e. The van der Waals surface area contributed by atoms with Crippen LogP contribution in [0.4, 0.5) is 0 Å². The molecule has 14 heterocycles. The second-order valence-corrected chi connectivity index (χ2v) is 26.9. The van der Waals surface area contributed by atoms with Crippen molar-refractivity contribution in [2.24, 2.45) is 0 Å². The molecule has 23 heteroatoms. The number of aromatic nitrogens is 17. The van der Waals surface area contributed by atoms with Crippen molar-refractivity contribution < 1.29 is 13.4 Å². The molecular formula is C80H111N17O3S3. The molecule has 0 aromatic carbocycles. The van der Waals surface area contributed by atoms with Crippen molar-refractivity contribution in [3.63, 3.8) is 0 Å². The Bertz CT molecular complexity index is 3410. The van der Waals surface area contributed by atoms with Gasteiger partial charge in [-0.15, -0.1) is 22.7 Å². The third-order valence-electron chi connectivity index (χ3n) is 15.6. The first-order valence-corrected chi connectivity index (χ1v) is 35.8. The second kappa shape index (κ2) is 52.0. The summed E-state index contributed by atoms with van der Waals surface area (Å²) in [7, 11) is 0. The zero-order chi connectivity index (χ0) is 77.4. The van der Waals surface area contributed by atoms with Gasteiger partial charge in [0.05, 0.1) is 64.7 Å². The summed E-state index contributed by atoms with van der Waals surface area (Å²) in [6, 6.07) is 14.1. The summed E-state index contributed by atoms with van der Waals surface area (Å²) >= 11 is 5.05. The van der Waals surface area contributed by atoms with E-state index in [2.05, 4.69) is 178 Å². The van der Waals surface area contributed by atoms with Crippen molar-refractivity contribution >= 4 is 34.2 Å². The Morgan fingerprint density at radius 2 is 1.01 bits per heavy atom. The van der Waals surface area contributed by atoms with Gasteiger partial charge in [0, 0.05) is 104 Å². The molecule has 0 spiro atoms. The first-order valence-electron chi connectivity index (χ1n) is 33.3. The Morgan fingerprint density at radius 1 is 0.359 bits per heavy atom. The van der Waals surface area contributed by atoms with Crippen molar-refractivity contribution in [3.05, 3.63) is 303 Å². The van der Waals surface area contributed by atoms with Crippen LogP contribution in [0.5, 0.6) is 0 Å². The number of pyridine rings is 2. The highest BCUT2D eigenvalue weighted by molar-refractivity contribution is 7.10. The number of H-pyrrole nitrogens is 3. The summed E-state index contributed by atoms with van der Waals surface area (Å²) in [6.45, 7) is 56.3. The molecule has 0 aliphatic carbocycles. The van der Waals surface area contributed by atoms with E-state index in [1.165, 1.54) is 76.8 Å². The smallest absolute Gasteiger partial charge is 0.181 e. The number of imidazole rings is 1. The van der Waals surface area contributed by atoms with E-state index in [9.17, 15) is 0 Å².